The lowest BCUT2D eigenvalue weighted by Gasteiger charge is -2.38. The minimum absolute atomic E-state index is 0.117. The maximum atomic E-state index is 13.1. The number of amides is 1. The third kappa shape index (κ3) is 6.49. The fraction of sp³-hybridized carbons (Fsp3) is 0.393. The highest BCUT2D eigenvalue weighted by atomic mass is 79.9. The van der Waals surface area contributed by atoms with E-state index >= 15 is 0 Å². The molecule has 2 aliphatic heterocycles. The van der Waals surface area contributed by atoms with Gasteiger partial charge in [0, 0.05) is 48.7 Å². The molecule has 3 aromatic rings. The van der Waals surface area contributed by atoms with Crippen LogP contribution in [-0.2, 0) is 11.3 Å². The smallest absolute Gasteiger partial charge is 0.241 e. The highest BCUT2D eigenvalue weighted by molar-refractivity contribution is 9.10. The molecule has 0 radical (unpaired) electrons. The maximum absolute atomic E-state index is 13.1. The number of piperidine rings is 1. The summed E-state index contributed by atoms with van der Waals surface area (Å²) in [7, 11) is 0. The number of hydrogen-bond donors (Lipinski definition) is 0. The van der Waals surface area contributed by atoms with Crippen LogP contribution in [0.15, 0.2) is 69.7 Å². The fourth-order valence-electron chi connectivity index (χ4n) is 4.88. The van der Waals surface area contributed by atoms with Crippen molar-refractivity contribution in [3.8, 4) is 11.4 Å². The van der Waals surface area contributed by atoms with Gasteiger partial charge in [-0.3, -0.25) is 14.6 Å². The number of benzene rings is 2. The number of nitrogens with zero attached hydrogens (tertiary/aromatic N) is 5. The van der Waals surface area contributed by atoms with Crippen LogP contribution in [0, 0.1) is 5.92 Å². The average molecular weight is 551 g/mol. The lowest BCUT2D eigenvalue weighted by Crippen LogP contribution is -2.51. The molecule has 2 fully saturated rings. The molecule has 0 bridgehead atoms. The molecule has 1 aromatic heterocycles. The molecule has 0 spiro atoms. The third-order valence-corrected chi connectivity index (χ3v) is 7.55. The van der Waals surface area contributed by atoms with Crippen molar-refractivity contribution in [3.05, 3.63) is 76.6 Å². The number of hydrogen-bond acceptors (Lipinski definition) is 6. The Morgan fingerprint density at radius 1 is 0.944 bits per heavy atom. The largest absolute Gasteiger partial charge is 0.340 e. The van der Waals surface area contributed by atoms with Crippen molar-refractivity contribution in [2.75, 3.05) is 45.8 Å². The molecule has 7 nitrogen and oxygen atoms in total. The highest BCUT2D eigenvalue weighted by Crippen LogP contribution is 2.23. The molecule has 2 aliphatic rings. The highest BCUT2D eigenvalue weighted by Gasteiger charge is 2.30. The van der Waals surface area contributed by atoms with E-state index in [1.54, 1.807) is 0 Å². The van der Waals surface area contributed by atoms with Gasteiger partial charge in [-0.15, -0.1) is 0 Å². The first-order valence-electron chi connectivity index (χ1n) is 12.7. The third-order valence-electron chi connectivity index (χ3n) is 7.02. The van der Waals surface area contributed by atoms with Gasteiger partial charge in [0.05, 0.1) is 6.54 Å². The lowest BCUT2D eigenvalue weighted by molar-refractivity contribution is -0.138. The number of halogens is 1. The zero-order chi connectivity index (χ0) is 24.7. The standard InChI is InChI=1S/C28H32BrN5O2/c29-25-10-8-23(9-11-25)27-30-26(36-31-27)21-33-15-12-24(13-16-33)28(35)34-19-17-32(18-20-34)14-4-7-22-5-2-1-3-6-22/h1-11,24H,12-21H2/b7-4+. The summed E-state index contributed by atoms with van der Waals surface area (Å²) < 4.78 is 6.50. The summed E-state index contributed by atoms with van der Waals surface area (Å²) in [4.78, 5) is 24.5. The molecule has 5 rings (SSSR count). The molecule has 36 heavy (non-hydrogen) atoms. The Morgan fingerprint density at radius 3 is 2.39 bits per heavy atom. The van der Waals surface area contributed by atoms with Gasteiger partial charge in [-0.05, 0) is 55.8 Å². The van der Waals surface area contributed by atoms with Crippen LogP contribution in [0.4, 0.5) is 0 Å². The first kappa shape index (κ1) is 24.9. The van der Waals surface area contributed by atoms with Gasteiger partial charge in [0.15, 0.2) is 0 Å². The SMILES string of the molecule is O=C(C1CCN(Cc2nc(-c3ccc(Br)cc3)no2)CC1)N1CCN(C/C=C/c2ccccc2)CC1. The Bertz CT molecular complexity index is 1150. The summed E-state index contributed by atoms with van der Waals surface area (Å²) in [6, 6.07) is 18.2. The molecule has 2 saturated heterocycles. The Hall–Kier alpha value is -2.81. The summed E-state index contributed by atoms with van der Waals surface area (Å²) >= 11 is 3.45. The van der Waals surface area contributed by atoms with Gasteiger partial charge in [-0.1, -0.05) is 63.6 Å². The van der Waals surface area contributed by atoms with Crippen molar-refractivity contribution in [3.63, 3.8) is 0 Å². The van der Waals surface area contributed by atoms with Gasteiger partial charge < -0.3 is 9.42 Å². The number of piperazine rings is 1. The monoisotopic (exact) mass is 549 g/mol. The minimum Gasteiger partial charge on any atom is -0.340 e. The molecule has 188 valence electrons. The van der Waals surface area contributed by atoms with Crippen molar-refractivity contribution in [1.29, 1.82) is 0 Å². The van der Waals surface area contributed by atoms with Crippen LogP contribution in [0.2, 0.25) is 0 Å². The molecule has 0 saturated carbocycles. The van der Waals surface area contributed by atoms with E-state index in [4.69, 9.17) is 4.52 Å². The Balaban J connectivity index is 1.03. The second-order valence-electron chi connectivity index (χ2n) is 9.51. The minimum atomic E-state index is 0.117. The number of carbonyl (C=O) groups is 1. The number of rotatable bonds is 7. The Kier molecular flexibility index (Phi) is 8.25. The van der Waals surface area contributed by atoms with Crippen LogP contribution in [0.1, 0.15) is 24.3 Å². The average Bonchev–Trinajstić information content (AvgIpc) is 3.38. The molecule has 2 aromatic carbocycles. The van der Waals surface area contributed by atoms with E-state index in [2.05, 4.69) is 77.2 Å². The van der Waals surface area contributed by atoms with E-state index in [1.165, 1.54) is 5.56 Å². The summed E-state index contributed by atoms with van der Waals surface area (Å²) in [6.07, 6.45) is 6.15. The molecule has 3 heterocycles. The van der Waals surface area contributed by atoms with E-state index in [-0.39, 0.29) is 5.92 Å². The van der Waals surface area contributed by atoms with Crippen LogP contribution < -0.4 is 0 Å². The molecule has 1 amide bonds. The summed E-state index contributed by atoms with van der Waals surface area (Å²) in [5.74, 6) is 1.67. The summed E-state index contributed by atoms with van der Waals surface area (Å²) in [5.41, 5.74) is 2.16. The van der Waals surface area contributed by atoms with Crippen molar-refractivity contribution in [1.82, 2.24) is 24.8 Å². The van der Waals surface area contributed by atoms with Crippen molar-refractivity contribution in [2.24, 2.45) is 5.92 Å². The zero-order valence-electron chi connectivity index (χ0n) is 20.4. The molecule has 0 unspecified atom stereocenters. The van der Waals surface area contributed by atoms with Gasteiger partial charge in [-0.2, -0.15) is 4.98 Å². The molecular weight excluding hydrogens is 518 g/mol. The van der Waals surface area contributed by atoms with E-state index < -0.39 is 0 Å². The summed E-state index contributed by atoms with van der Waals surface area (Å²) in [6.45, 7) is 6.79. The first-order valence-corrected chi connectivity index (χ1v) is 13.5. The first-order chi connectivity index (χ1) is 17.6. The fourth-order valence-corrected chi connectivity index (χ4v) is 5.14. The lowest BCUT2D eigenvalue weighted by atomic mass is 9.95. The van der Waals surface area contributed by atoms with Crippen molar-refractivity contribution in [2.45, 2.75) is 19.4 Å². The van der Waals surface area contributed by atoms with Gasteiger partial charge in [0.2, 0.25) is 17.6 Å². The molecular formula is C28H32BrN5O2. The van der Waals surface area contributed by atoms with E-state index in [0.717, 1.165) is 68.7 Å². The number of carbonyl (C=O) groups excluding carboxylic acids is 1. The van der Waals surface area contributed by atoms with Crippen LogP contribution >= 0.6 is 15.9 Å². The summed E-state index contributed by atoms with van der Waals surface area (Å²) in [5, 5.41) is 4.13. The van der Waals surface area contributed by atoms with Crippen LogP contribution in [-0.4, -0.2) is 76.6 Å². The Morgan fingerprint density at radius 2 is 1.67 bits per heavy atom. The van der Waals surface area contributed by atoms with Crippen molar-refractivity contribution >= 4 is 27.9 Å². The van der Waals surface area contributed by atoms with Crippen LogP contribution in [0.3, 0.4) is 0 Å². The molecule has 0 atom stereocenters. The van der Waals surface area contributed by atoms with Crippen LogP contribution in [0.5, 0.6) is 0 Å². The quantitative estimate of drug-likeness (QED) is 0.430. The topological polar surface area (TPSA) is 65.7 Å². The second kappa shape index (κ2) is 12.0. The van der Waals surface area contributed by atoms with Gasteiger partial charge >= 0.3 is 0 Å². The molecule has 0 N–H and O–H groups in total. The van der Waals surface area contributed by atoms with E-state index in [1.807, 2.05) is 30.3 Å². The van der Waals surface area contributed by atoms with Crippen LogP contribution in [0.25, 0.3) is 17.5 Å². The van der Waals surface area contributed by atoms with Crippen molar-refractivity contribution < 1.29 is 9.32 Å². The Labute approximate surface area is 220 Å². The molecule has 8 heteroatoms. The van der Waals surface area contributed by atoms with Gasteiger partial charge in [0.1, 0.15) is 0 Å². The normalized spacial score (nSPS) is 18.2. The van der Waals surface area contributed by atoms with Gasteiger partial charge in [0.25, 0.3) is 0 Å². The maximum Gasteiger partial charge on any atom is 0.241 e. The predicted octanol–water partition coefficient (Wildman–Crippen LogP) is 4.57. The predicted molar refractivity (Wildman–Crippen MR) is 144 cm³/mol. The second-order valence-corrected chi connectivity index (χ2v) is 10.4. The number of likely N-dealkylation sites (tertiary alicyclic amines) is 1. The number of aromatic nitrogens is 2. The zero-order valence-corrected chi connectivity index (χ0v) is 22.0. The molecule has 0 aliphatic carbocycles. The van der Waals surface area contributed by atoms with E-state index in [0.29, 0.717) is 24.2 Å². The van der Waals surface area contributed by atoms with Gasteiger partial charge in [-0.25, -0.2) is 0 Å². The van der Waals surface area contributed by atoms with E-state index in [9.17, 15) is 4.79 Å².